The molecule has 0 heterocycles. The summed E-state index contributed by atoms with van der Waals surface area (Å²) >= 11 is 0. The van der Waals surface area contributed by atoms with Gasteiger partial charge in [-0.05, 0) is 16.8 Å². The highest BCUT2D eigenvalue weighted by Crippen LogP contribution is 2.16. The van der Waals surface area contributed by atoms with Gasteiger partial charge >= 0.3 is 0 Å². The van der Waals surface area contributed by atoms with Crippen LogP contribution in [-0.2, 0) is 0 Å². The Kier molecular flexibility index (Phi) is 3.76. The predicted octanol–water partition coefficient (Wildman–Crippen LogP) is 3.85. The number of terminal acetylenes is 1. The van der Waals surface area contributed by atoms with E-state index in [-0.39, 0.29) is 0 Å². The van der Waals surface area contributed by atoms with Crippen LogP contribution in [-0.4, -0.2) is 0 Å². The van der Waals surface area contributed by atoms with Crippen molar-refractivity contribution in [2.75, 3.05) is 0 Å². The summed E-state index contributed by atoms with van der Waals surface area (Å²) in [7, 11) is 0. The normalized spacial score (nSPS) is 8.64. The van der Waals surface area contributed by atoms with Crippen LogP contribution in [0.15, 0.2) is 42.5 Å². The number of benzene rings is 2. The monoisotopic (exact) mass is 182 g/mol. The van der Waals surface area contributed by atoms with Crippen LogP contribution >= 0.6 is 0 Å². The van der Waals surface area contributed by atoms with Gasteiger partial charge in [-0.15, -0.1) is 6.42 Å². The third-order valence-corrected chi connectivity index (χ3v) is 1.95. The summed E-state index contributed by atoms with van der Waals surface area (Å²) in [6.45, 7) is 4.00. The molecule has 0 N–H and O–H groups in total. The summed E-state index contributed by atoms with van der Waals surface area (Å²) in [5.41, 5.74) is 0.966. The molecule has 0 saturated heterocycles. The van der Waals surface area contributed by atoms with Gasteiger partial charge in [0.05, 0.1) is 0 Å². The van der Waals surface area contributed by atoms with E-state index in [1.54, 1.807) is 0 Å². The van der Waals surface area contributed by atoms with Crippen molar-refractivity contribution in [3.63, 3.8) is 0 Å². The average Bonchev–Trinajstić information content (AvgIpc) is 2.31. The first kappa shape index (κ1) is 10.3. The minimum Gasteiger partial charge on any atom is -0.115 e. The molecule has 0 amide bonds. The van der Waals surface area contributed by atoms with Crippen molar-refractivity contribution < 1.29 is 0 Å². The number of rotatable bonds is 0. The average molecular weight is 182 g/mol. The largest absolute Gasteiger partial charge is 0.115 e. The van der Waals surface area contributed by atoms with E-state index < -0.39 is 0 Å². The van der Waals surface area contributed by atoms with Crippen molar-refractivity contribution >= 4 is 10.8 Å². The van der Waals surface area contributed by atoms with Crippen LogP contribution in [0.25, 0.3) is 10.8 Å². The minimum absolute atomic E-state index is 0.966. The first-order chi connectivity index (χ1) is 6.92. The molecule has 0 aliphatic rings. The molecular weight excluding hydrogens is 168 g/mol. The zero-order valence-electron chi connectivity index (χ0n) is 8.62. The predicted molar refractivity (Wildman–Crippen MR) is 63.2 cm³/mol. The van der Waals surface area contributed by atoms with Crippen molar-refractivity contribution in [1.29, 1.82) is 0 Å². The Bertz CT molecular complexity index is 442. The van der Waals surface area contributed by atoms with Crippen molar-refractivity contribution in [3.8, 4) is 12.3 Å². The molecule has 0 bridgehead atoms. The molecule has 0 fully saturated rings. The van der Waals surface area contributed by atoms with Gasteiger partial charge in [-0.25, -0.2) is 0 Å². The molecule has 0 aliphatic carbocycles. The molecule has 2 aromatic rings. The van der Waals surface area contributed by atoms with Crippen molar-refractivity contribution in [2.24, 2.45) is 0 Å². The van der Waals surface area contributed by atoms with Crippen LogP contribution in [0.1, 0.15) is 19.4 Å². The summed E-state index contributed by atoms with van der Waals surface area (Å²) in [5, 5.41) is 2.36. The summed E-state index contributed by atoms with van der Waals surface area (Å²) in [6, 6.07) is 14.1. The standard InChI is InChI=1S/C12H8.C2H6/c1-2-10-7-5-8-11-6-3-4-9-12(10)11;1-2/h1,3-9H;1-2H3. The second-order valence-corrected chi connectivity index (χ2v) is 2.67. The second kappa shape index (κ2) is 5.09. The van der Waals surface area contributed by atoms with E-state index in [4.69, 9.17) is 6.42 Å². The number of hydrogen-bond donors (Lipinski definition) is 0. The maximum absolute atomic E-state index is 5.37. The lowest BCUT2D eigenvalue weighted by molar-refractivity contribution is 1.50. The van der Waals surface area contributed by atoms with Gasteiger partial charge in [-0.1, -0.05) is 56.2 Å². The topological polar surface area (TPSA) is 0 Å². The van der Waals surface area contributed by atoms with E-state index in [0.29, 0.717) is 0 Å². The number of hydrogen-bond acceptors (Lipinski definition) is 0. The maximum Gasteiger partial charge on any atom is 0.0321 e. The van der Waals surface area contributed by atoms with E-state index in [0.717, 1.165) is 10.9 Å². The van der Waals surface area contributed by atoms with E-state index in [1.807, 2.05) is 44.2 Å². The molecule has 2 rings (SSSR count). The lowest BCUT2D eigenvalue weighted by Gasteiger charge is -1.98. The molecule has 0 saturated carbocycles. The van der Waals surface area contributed by atoms with Gasteiger partial charge in [0, 0.05) is 5.56 Å². The van der Waals surface area contributed by atoms with E-state index in [2.05, 4.69) is 18.1 Å². The Labute approximate surface area is 85.6 Å². The Morgan fingerprint density at radius 1 is 0.929 bits per heavy atom. The van der Waals surface area contributed by atoms with Crippen LogP contribution in [0.3, 0.4) is 0 Å². The number of fused-ring (bicyclic) bond motifs is 1. The fourth-order valence-corrected chi connectivity index (χ4v) is 1.35. The summed E-state index contributed by atoms with van der Waals surface area (Å²) in [4.78, 5) is 0. The molecule has 0 atom stereocenters. The van der Waals surface area contributed by atoms with Gasteiger partial charge in [-0.2, -0.15) is 0 Å². The third kappa shape index (κ3) is 1.95. The fraction of sp³-hybridized carbons (Fsp3) is 0.143. The smallest absolute Gasteiger partial charge is 0.0321 e. The Balaban J connectivity index is 0.000000461. The van der Waals surface area contributed by atoms with Crippen molar-refractivity contribution in [1.82, 2.24) is 0 Å². The zero-order chi connectivity index (χ0) is 10.4. The summed E-state index contributed by atoms with van der Waals surface area (Å²) in [5.74, 6) is 2.67. The molecule has 2 aromatic carbocycles. The fourth-order valence-electron chi connectivity index (χ4n) is 1.35. The second-order valence-electron chi connectivity index (χ2n) is 2.67. The molecule has 0 radical (unpaired) electrons. The zero-order valence-corrected chi connectivity index (χ0v) is 8.62. The lowest BCUT2D eigenvalue weighted by atomic mass is 10.1. The Hall–Kier alpha value is -1.74. The van der Waals surface area contributed by atoms with Gasteiger partial charge < -0.3 is 0 Å². The SMILES string of the molecule is C#Cc1cccc2ccccc12.CC. The summed E-state index contributed by atoms with van der Waals surface area (Å²) < 4.78 is 0. The van der Waals surface area contributed by atoms with Crippen molar-refractivity contribution in [3.05, 3.63) is 48.0 Å². The van der Waals surface area contributed by atoms with Crippen LogP contribution in [0.2, 0.25) is 0 Å². The van der Waals surface area contributed by atoms with Gasteiger partial charge in [0.2, 0.25) is 0 Å². The van der Waals surface area contributed by atoms with E-state index in [1.165, 1.54) is 5.39 Å². The molecular formula is C14H14. The minimum atomic E-state index is 0.966. The van der Waals surface area contributed by atoms with Crippen LogP contribution in [0.5, 0.6) is 0 Å². The molecule has 0 nitrogen and oxygen atoms in total. The van der Waals surface area contributed by atoms with Gasteiger partial charge in [0.1, 0.15) is 0 Å². The quantitative estimate of drug-likeness (QED) is 0.543. The third-order valence-electron chi connectivity index (χ3n) is 1.95. The Morgan fingerprint density at radius 2 is 1.57 bits per heavy atom. The highest BCUT2D eigenvalue weighted by Gasteiger charge is 1.94. The maximum atomic E-state index is 5.37. The molecule has 0 heteroatoms. The van der Waals surface area contributed by atoms with Crippen LogP contribution in [0, 0.1) is 12.3 Å². The van der Waals surface area contributed by atoms with Gasteiger partial charge in [-0.3, -0.25) is 0 Å². The van der Waals surface area contributed by atoms with Gasteiger partial charge in [0.15, 0.2) is 0 Å². The molecule has 0 unspecified atom stereocenters. The van der Waals surface area contributed by atoms with Crippen molar-refractivity contribution in [2.45, 2.75) is 13.8 Å². The first-order valence-corrected chi connectivity index (χ1v) is 4.86. The van der Waals surface area contributed by atoms with E-state index in [9.17, 15) is 0 Å². The van der Waals surface area contributed by atoms with E-state index >= 15 is 0 Å². The lowest BCUT2D eigenvalue weighted by Crippen LogP contribution is -1.77. The van der Waals surface area contributed by atoms with Crippen LogP contribution < -0.4 is 0 Å². The van der Waals surface area contributed by atoms with Gasteiger partial charge in [0.25, 0.3) is 0 Å². The Morgan fingerprint density at radius 3 is 2.29 bits per heavy atom. The molecule has 0 aliphatic heterocycles. The first-order valence-electron chi connectivity index (χ1n) is 4.86. The molecule has 70 valence electrons. The summed E-state index contributed by atoms with van der Waals surface area (Å²) in [6.07, 6.45) is 5.37. The highest BCUT2D eigenvalue weighted by atomic mass is 14.0. The van der Waals surface area contributed by atoms with Crippen LogP contribution in [0.4, 0.5) is 0 Å². The molecule has 0 aromatic heterocycles. The molecule has 14 heavy (non-hydrogen) atoms. The highest BCUT2D eigenvalue weighted by molar-refractivity contribution is 5.87. The molecule has 0 spiro atoms.